The molecule has 1 heterocycles. The molecule has 0 fully saturated rings. The van der Waals surface area contributed by atoms with Crippen LogP contribution in [0.5, 0.6) is 0 Å². The van der Waals surface area contributed by atoms with E-state index < -0.39 is 0 Å². The van der Waals surface area contributed by atoms with Crippen LogP contribution in [0.1, 0.15) is 0 Å². The molecule has 0 saturated heterocycles. The molecule has 1 aromatic heterocycles. The van der Waals surface area contributed by atoms with Gasteiger partial charge in [0.15, 0.2) is 0 Å². The van der Waals surface area contributed by atoms with Gasteiger partial charge in [-0.3, -0.25) is 0 Å². The number of hydrogen-bond donors (Lipinski definition) is 0. The molecule has 22 heteroatoms. The molecule has 320 valence electrons. The highest BCUT2D eigenvalue weighted by molar-refractivity contribution is 6.75. The summed E-state index contributed by atoms with van der Waals surface area (Å²) in [5.74, 6) is 0. The maximum absolute atomic E-state index is 7.48. The van der Waals surface area contributed by atoms with Crippen molar-refractivity contribution in [2.24, 2.45) is 0 Å². The largest absolute Gasteiger partial charge is 0.456 e. The summed E-state index contributed by atoms with van der Waals surface area (Å²) < 4.78 is 7.48. The van der Waals surface area contributed by atoms with Gasteiger partial charge in [-0.05, 0) is 93.2 Å². The molecule has 0 unspecified atom stereocenters. The van der Waals surface area contributed by atoms with E-state index in [2.05, 4.69) is 219 Å². The van der Waals surface area contributed by atoms with E-state index in [1.165, 1.54) is 213 Å². The zero-order chi connectivity index (χ0) is 51.7. The SMILES string of the molecule is Bc1c(B)c(-c2c3c(B)c(B)c(B)c(B)c3c(-c3cc4ccccc4c4ccccc34)c3c(B)c(B)c(B)c(B)c23)c(B)c(B)c1-c1c(B)c(B)c(B)c2c1oc1c(B)c3c(B)c(B)c(B)c(B)c3c(B)c12. The van der Waals surface area contributed by atoms with Gasteiger partial charge in [0.2, 0.25) is 0 Å². The minimum atomic E-state index is 1.02. The molecule has 0 bridgehead atoms. The summed E-state index contributed by atoms with van der Waals surface area (Å²) in [5.41, 5.74) is 38.3. The summed E-state index contributed by atoms with van der Waals surface area (Å²) in [5, 5.41) is 16.0. The fourth-order valence-electron chi connectivity index (χ4n) is 14.2. The molecule has 0 radical (unpaired) electrons. The second-order valence-corrected chi connectivity index (χ2v) is 22.5. The topological polar surface area (TPSA) is 13.1 Å². The highest BCUT2D eigenvalue weighted by Crippen LogP contribution is 2.44. The van der Waals surface area contributed by atoms with Crippen molar-refractivity contribution < 1.29 is 4.42 Å². The molecule has 10 aromatic carbocycles. The molecule has 0 amide bonds. The fourth-order valence-corrected chi connectivity index (χ4v) is 14.2. The number of benzene rings is 10. The average Bonchev–Trinajstić information content (AvgIpc) is 3.78. The van der Waals surface area contributed by atoms with E-state index in [1.807, 2.05) is 0 Å². The van der Waals surface area contributed by atoms with Gasteiger partial charge in [0.05, 0.1) is 0 Å². The second-order valence-electron chi connectivity index (χ2n) is 22.5. The molecule has 11 aromatic rings. The van der Waals surface area contributed by atoms with Crippen LogP contribution < -0.4 is 115 Å². The quantitative estimate of drug-likeness (QED) is 0.0978. The number of furan rings is 1. The van der Waals surface area contributed by atoms with Gasteiger partial charge in [-0.15, -0.1) is 32.8 Å². The lowest BCUT2D eigenvalue weighted by atomic mass is 9.56. The monoisotopic (exact) mass is 899 g/mol. The zero-order valence-electron chi connectivity index (χ0n) is 47.1. The predicted molar refractivity (Wildman–Crippen MR) is 389 cm³/mol. The fraction of sp³-hybridized carbons (Fsp3) is 0. The van der Waals surface area contributed by atoms with Crippen LogP contribution >= 0.6 is 0 Å². The van der Waals surface area contributed by atoms with Gasteiger partial charge in [0.25, 0.3) is 0 Å². The van der Waals surface area contributed by atoms with Crippen molar-refractivity contribution in [3.63, 3.8) is 0 Å². The third kappa shape index (κ3) is 6.26. The molecule has 0 atom stereocenters. The van der Waals surface area contributed by atoms with Gasteiger partial charge in [-0.25, -0.2) is 0 Å². The van der Waals surface area contributed by atoms with E-state index in [0.717, 1.165) is 11.2 Å². The van der Waals surface area contributed by atoms with Crippen LogP contribution in [-0.4, -0.2) is 165 Å². The third-order valence-electron chi connectivity index (χ3n) is 19.7. The molecular formula is C50H51B21O. The summed E-state index contributed by atoms with van der Waals surface area (Å²) >= 11 is 0. The molecule has 0 spiro atoms. The van der Waals surface area contributed by atoms with E-state index in [-0.39, 0.29) is 0 Å². The maximum atomic E-state index is 7.48. The van der Waals surface area contributed by atoms with Crippen molar-refractivity contribution in [2.75, 3.05) is 0 Å². The summed E-state index contributed by atoms with van der Waals surface area (Å²) in [7, 11) is 49.5. The van der Waals surface area contributed by atoms with E-state index in [1.54, 1.807) is 0 Å². The summed E-state index contributed by atoms with van der Waals surface area (Å²) in [6.07, 6.45) is 0. The first-order valence-electron chi connectivity index (χ1n) is 26.4. The van der Waals surface area contributed by atoms with Crippen molar-refractivity contribution in [1.82, 2.24) is 0 Å². The molecule has 0 N–H and O–H groups in total. The van der Waals surface area contributed by atoms with Crippen LogP contribution in [0.4, 0.5) is 0 Å². The molecular weight excluding hydrogens is 844 g/mol. The minimum Gasteiger partial charge on any atom is -0.456 e. The molecule has 0 saturated carbocycles. The van der Waals surface area contributed by atoms with Crippen molar-refractivity contribution in [3.8, 4) is 33.4 Å². The van der Waals surface area contributed by atoms with Gasteiger partial charge in [-0.2, -0.15) is 0 Å². The molecule has 0 aliphatic carbocycles. The average molecular weight is 895 g/mol. The number of hydrogen-bond acceptors (Lipinski definition) is 1. The van der Waals surface area contributed by atoms with Crippen LogP contribution in [0, 0.1) is 0 Å². The minimum absolute atomic E-state index is 1.02. The third-order valence-corrected chi connectivity index (χ3v) is 19.7. The van der Waals surface area contributed by atoms with E-state index in [9.17, 15) is 0 Å². The maximum Gasteiger partial charge on any atom is 0.145 e. The van der Waals surface area contributed by atoms with Crippen molar-refractivity contribution in [1.29, 1.82) is 0 Å². The Bertz CT molecular complexity index is 4300. The van der Waals surface area contributed by atoms with Crippen LogP contribution in [-0.2, 0) is 0 Å². The molecule has 72 heavy (non-hydrogen) atoms. The van der Waals surface area contributed by atoms with E-state index in [0.29, 0.717) is 0 Å². The van der Waals surface area contributed by atoms with Crippen LogP contribution in [0.25, 0.3) is 109 Å². The summed E-state index contributed by atoms with van der Waals surface area (Å²) in [6.45, 7) is 0. The lowest BCUT2D eigenvalue weighted by molar-refractivity contribution is 0.673. The van der Waals surface area contributed by atoms with Crippen molar-refractivity contribution in [2.45, 2.75) is 0 Å². The van der Waals surface area contributed by atoms with Crippen LogP contribution in [0.3, 0.4) is 0 Å². The molecule has 0 aliphatic heterocycles. The van der Waals surface area contributed by atoms with Crippen LogP contribution in [0.2, 0.25) is 0 Å². The summed E-state index contributed by atoms with van der Waals surface area (Å²) in [4.78, 5) is 0. The zero-order valence-corrected chi connectivity index (χ0v) is 47.1. The van der Waals surface area contributed by atoms with Crippen molar-refractivity contribution in [3.05, 3.63) is 54.6 Å². The van der Waals surface area contributed by atoms with Gasteiger partial charge < -0.3 is 4.42 Å². The van der Waals surface area contributed by atoms with Gasteiger partial charge in [-0.1, -0.05) is 125 Å². The molecule has 0 aliphatic rings. The van der Waals surface area contributed by atoms with Gasteiger partial charge >= 0.3 is 0 Å². The van der Waals surface area contributed by atoms with Crippen LogP contribution in [0.15, 0.2) is 59.0 Å². The Labute approximate surface area is 444 Å². The lowest BCUT2D eigenvalue weighted by Gasteiger charge is -2.31. The highest BCUT2D eigenvalue weighted by Gasteiger charge is 2.31. The first-order chi connectivity index (χ1) is 34.1. The Kier molecular flexibility index (Phi) is 11.4. The second kappa shape index (κ2) is 16.8. The Balaban J connectivity index is 1.33. The van der Waals surface area contributed by atoms with Gasteiger partial charge in [0.1, 0.15) is 176 Å². The normalized spacial score (nSPS) is 11.9. The Morgan fingerprint density at radius 3 is 1.04 bits per heavy atom. The lowest BCUT2D eigenvalue weighted by Crippen LogP contribution is -2.51. The predicted octanol–water partition coefficient (Wildman–Crippen LogP) is -22.2. The first kappa shape index (κ1) is 48.9. The van der Waals surface area contributed by atoms with Crippen molar-refractivity contribution >= 4 is 355 Å². The standard InChI is InChI=1S/C50H51B21O/c51-28-22-23(38(61)48(71)47(70)37(22)60)41(64)50-26(28)27-40(63)42(65)39(62)25(49(27)72-50)24-35(58)33(56)21(34(57)36(24)59)16-19-17(29(52)43(66)45(68)31(19)54)15(18-20(16)32(55)46(69)44(67)30(18)53)14-9-10-5-1-2-6-11(10)12-7-3-4-8-13(12)14/h1-9H,51-71H2. The Morgan fingerprint density at radius 2 is 0.556 bits per heavy atom. The Hall–Kier alpha value is -5.34. The number of fused-ring (bicyclic) bond motifs is 9. The van der Waals surface area contributed by atoms with Gasteiger partial charge in [0, 0.05) is 16.3 Å². The first-order valence-corrected chi connectivity index (χ1v) is 26.4. The molecule has 11 rings (SSSR count). The molecule has 1 nitrogen and oxygen atoms in total. The van der Waals surface area contributed by atoms with E-state index >= 15 is 0 Å². The Morgan fingerprint density at radius 1 is 0.222 bits per heavy atom. The van der Waals surface area contributed by atoms with E-state index in [4.69, 9.17) is 4.42 Å². The highest BCUT2D eigenvalue weighted by atomic mass is 16.3. The summed E-state index contributed by atoms with van der Waals surface area (Å²) in [6, 6.07) is 20.6. The smallest absolute Gasteiger partial charge is 0.145 e. The number of rotatable bonds is 3.